The van der Waals surface area contributed by atoms with E-state index < -0.39 is 14.1 Å². The van der Waals surface area contributed by atoms with Crippen LogP contribution in [0.5, 0.6) is 0 Å². The molecule has 0 bridgehead atoms. The summed E-state index contributed by atoms with van der Waals surface area (Å²) >= 11 is 1.38. The van der Waals surface area contributed by atoms with Gasteiger partial charge < -0.3 is 9.26 Å². The molecule has 0 aromatic carbocycles. The molecular formula is C23H49N2O3PS. The van der Waals surface area contributed by atoms with E-state index in [0.717, 1.165) is 0 Å². The molecule has 0 heterocycles. The molecule has 0 radical (unpaired) electrons. The Kier molecular flexibility index (Phi) is 13.2. The number of hydrogen-bond donors (Lipinski definition) is 0. The van der Waals surface area contributed by atoms with Gasteiger partial charge in [-0.05, 0) is 83.1 Å². The summed E-state index contributed by atoms with van der Waals surface area (Å²) < 4.78 is 17.7. The van der Waals surface area contributed by atoms with E-state index in [2.05, 4.69) is 92.4 Å². The summed E-state index contributed by atoms with van der Waals surface area (Å²) in [5.74, 6) is 0. The van der Waals surface area contributed by atoms with Crippen molar-refractivity contribution in [2.75, 3.05) is 13.2 Å². The molecular weight excluding hydrogens is 415 g/mol. The van der Waals surface area contributed by atoms with Gasteiger partial charge in [-0.1, -0.05) is 18.7 Å². The molecule has 0 rings (SSSR count). The molecule has 0 spiro atoms. The van der Waals surface area contributed by atoms with Crippen molar-refractivity contribution in [2.24, 2.45) is 0 Å². The van der Waals surface area contributed by atoms with Crippen molar-refractivity contribution in [3.8, 4) is 0 Å². The van der Waals surface area contributed by atoms with Crippen molar-refractivity contribution in [1.82, 2.24) is 9.34 Å². The van der Waals surface area contributed by atoms with Crippen LogP contribution in [0.25, 0.3) is 0 Å². The number of nitrogens with zero attached hydrogens (tertiary/aromatic N) is 2. The Balaban J connectivity index is 5.38. The zero-order valence-corrected chi connectivity index (χ0v) is 23.6. The highest BCUT2D eigenvalue weighted by Crippen LogP contribution is 2.51. The van der Waals surface area contributed by atoms with Gasteiger partial charge in [0.1, 0.15) is 0 Å². The second kappa shape index (κ2) is 13.1. The standard InChI is InChI=1S/C23H49N2O3PS/c1-14-21(26)30-23(12,13)16-27-22(10,11)15-28-29(24(17(2)3)18(4)5)25(19(6)7)20(8)9/h17-20H,14-16H2,1-13H3. The zero-order chi connectivity index (χ0) is 23.9. The second-order valence-electron chi connectivity index (χ2n) is 10.3. The normalized spacial score (nSPS) is 13.9. The fourth-order valence-corrected chi connectivity index (χ4v) is 6.66. The molecule has 5 nitrogen and oxygen atoms in total. The van der Waals surface area contributed by atoms with E-state index in [1.165, 1.54) is 11.8 Å². The van der Waals surface area contributed by atoms with Gasteiger partial charge in [0.05, 0.1) is 18.8 Å². The van der Waals surface area contributed by atoms with E-state index in [-0.39, 0.29) is 9.86 Å². The molecule has 7 heteroatoms. The lowest BCUT2D eigenvalue weighted by atomic mass is 10.1. The molecule has 30 heavy (non-hydrogen) atoms. The Labute approximate surface area is 192 Å². The van der Waals surface area contributed by atoms with Gasteiger partial charge in [-0.15, -0.1) is 0 Å². The van der Waals surface area contributed by atoms with Gasteiger partial charge in [-0.2, -0.15) is 0 Å². The first kappa shape index (κ1) is 30.3. The summed E-state index contributed by atoms with van der Waals surface area (Å²) in [6, 6.07) is 1.54. The third kappa shape index (κ3) is 10.7. The first-order valence-corrected chi connectivity index (χ1v) is 13.4. The predicted octanol–water partition coefficient (Wildman–Crippen LogP) is 6.71. The molecule has 180 valence electrons. The lowest BCUT2D eigenvalue weighted by molar-refractivity contribution is -0.110. The summed E-state index contributed by atoms with van der Waals surface area (Å²) in [6.45, 7) is 29.1. The molecule has 0 fully saturated rings. The summed E-state index contributed by atoms with van der Waals surface area (Å²) in [6.07, 6.45) is 0.547. The van der Waals surface area contributed by atoms with E-state index in [4.69, 9.17) is 9.26 Å². The van der Waals surface area contributed by atoms with E-state index in [1.807, 2.05) is 6.92 Å². The molecule has 0 saturated carbocycles. The van der Waals surface area contributed by atoms with Crippen LogP contribution in [0.4, 0.5) is 0 Å². The Morgan fingerprint density at radius 2 is 1.23 bits per heavy atom. The highest BCUT2D eigenvalue weighted by atomic mass is 32.2. The molecule has 0 unspecified atom stereocenters. The van der Waals surface area contributed by atoms with Crippen LogP contribution in [0.3, 0.4) is 0 Å². The number of carbonyl (C=O) groups excluding carboxylic acids is 1. The van der Waals surface area contributed by atoms with Crippen molar-refractivity contribution >= 4 is 25.3 Å². The smallest absolute Gasteiger partial charge is 0.189 e. The van der Waals surface area contributed by atoms with E-state index >= 15 is 0 Å². The van der Waals surface area contributed by atoms with Crippen LogP contribution < -0.4 is 0 Å². The van der Waals surface area contributed by atoms with E-state index in [0.29, 0.717) is 43.8 Å². The summed E-state index contributed by atoms with van der Waals surface area (Å²) in [5, 5.41) is 0.204. The third-order valence-corrected chi connectivity index (χ3v) is 8.71. The van der Waals surface area contributed by atoms with Crippen molar-refractivity contribution in [3.05, 3.63) is 0 Å². The van der Waals surface area contributed by atoms with Gasteiger partial charge in [0.25, 0.3) is 0 Å². The Morgan fingerprint density at radius 1 is 0.833 bits per heavy atom. The third-order valence-electron chi connectivity index (χ3n) is 4.53. The maximum absolute atomic E-state index is 11.8. The average Bonchev–Trinajstić information content (AvgIpc) is 2.56. The van der Waals surface area contributed by atoms with E-state index in [9.17, 15) is 4.79 Å². The number of thioether (sulfide) groups is 1. The fraction of sp³-hybridized carbons (Fsp3) is 0.957. The fourth-order valence-electron chi connectivity index (χ4n) is 3.27. The molecule has 0 N–H and O–H groups in total. The first-order chi connectivity index (χ1) is 13.5. The van der Waals surface area contributed by atoms with Gasteiger partial charge in [-0.25, -0.2) is 9.34 Å². The SMILES string of the molecule is CCC(=O)SC(C)(C)COC(C)(C)COP(N(C(C)C)C(C)C)N(C(C)C)C(C)C. The van der Waals surface area contributed by atoms with Crippen LogP contribution in [-0.4, -0.2) is 62.2 Å². The van der Waals surface area contributed by atoms with Crippen molar-refractivity contribution < 1.29 is 14.1 Å². The minimum Gasteiger partial charge on any atom is -0.372 e. The summed E-state index contributed by atoms with van der Waals surface area (Å²) in [4.78, 5) is 11.8. The quantitative estimate of drug-likeness (QED) is 0.266. The maximum Gasteiger partial charge on any atom is 0.189 e. The minimum absolute atomic E-state index is 0.204. The van der Waals surface area contributed by atoms with Crippen LogP contribution in [-0.2, 0) is 14.1 Å². The largest absolute Gasteiger partial charge is 0.372 e. The molecule has 0 saturated heterocycles. The average molecular weight is 465 g/mol. The summed E-state index contributed by atoms with van der Waals surface area (Å²) in [5.41, 5.74) is -0.438. The van der Waals surface area contributed by atoms with Gasteiger partial charge in [-0.3, -0.25) is 4.79 Å². The van der Waals surface area contributed by atoms with Gasteiger partial charge >= 0.3 is 0 Å². The van der Waals surface area contributed by atoms with Crippen molar-refractivity contribution in [2.45, 2.75) is 131 Å². The second-order valence-corrected chi connectivity index (χ2v) is 13.7. The topological polar surface area (TPSA) is 42.0 Å². The van der Waals surface area contributed by atoms with Crippen molar-refractivity contribution in [1.29, 1.82) is 0 Å². The highest BCUT2D eigenvalue weighted by Gasteiger charge is 2.36. The predicted molar refractivity (Wildman–Crippen MR) is 134 cm³/mol. The van der Waals surface area contributed by atoms with Crippen LogP contribution in [0, 0.1) is 0 Å². The Morgan fingerprint density at radius 3 is 1.57 bits per heavy atom. The zero-order valence-electron chi connectivity index (χ0n) is 21.9. The lowest BCUT2D eigenvalue weighted by Gasteiger charge is -2.46. The number of rotatable bonds is 14. The first-order valence-electron chi connectivity index (χ1n) is 11.4. The lowest BCUT2D eigenvalue weighted by Crippen LogP contribution is -2.44. The monoisotopic (exact) mass is 464 g/mol. The molecule has 0 aliphatic carbocycles. The van der Waals surface area contributed by atoms with Crippen molar-refractivity contribution in [3.63, 3.8) is 0 Å². The maximum atomic E-state index is 11.8. The molecule has 0 aromatic rings. The molecule has 0 atom stereocenters. The molecule has 0 amide bonds. The Hall–Kier alpha value is 0.290. The summed E-state index contributed by atoms with van der Waals surface area (Å²) in [7, 11) is -0.938. The van der Waals surface area contributed by atoms with Gasteiger partial charge in [0.2, 0.25) is 0 Å². The minimum atomic E-state index is -0.938. The number of ether oxygens (including phenoxy) is 1. The number of hydrogen-bond acceptors (Lipinski definition) is 6. The van der Waals surface area contributed by atoms with Gasteiger partial charge in [0.15, 0.2) is 13.6 Å². The number of carbonyl (C=O) groups is 1. The van der Waals surface area contributed by atoms with E-state index in [1.54, 1.807) is 0 Å². The van der Waals surface area contributed by atoms with Gasteiger partial charge in [0, 0.05) is 35.3 Å². The van der Waals surface area contributed by atoms with Crippen LogP contribution in [0.1, 0.15) is 96.4 Å². The molecule has 0 aliphatic rings. The molecule has 0 aromatic heterocycles. The highest BCUT2D eigenvalue weighted by molar-refractivity contribution is 8.14. The Bertz CT molecular complexity index is 475. The van der Waals surface area contributed by atoms with Crippen LogP contribution >= 0.6 is 20.2 Å². The van der Waals surface area contributed by atoms with Crippen LogP contribution in [0.2, 0.25) is 0 Å². The van der Waals surface area contributed by atoms with Crippen LogP contribution in [0.15, 0.2) is 0 Å². The molecule has 0 aliphatic heterocycles.